The first-order valence-electron chi connectivity index (χ1n) is 9.86. The van der Waals surface area contributed by atoms with Gasteiger partial charge in [0, 0.05) is 18.3 Å². The number of nitrogens with zero attached hydrogens (tertiary/aromatic N) is 1. The number of rotatable bonds is 6. The van der Waals surface area contributed by atoms with Crippen LogP contribution in [0.15, 0.2) is 59.5 Å². The second kappa shape index (κ2) is 8.59. The number of H-pyrrole nitrogens is 1. The van der Waals surface area contributed by atoms with E-state index < -0.39 is 17.2 Å². The van der Waals surface area contributed by atoms with Gasteiger partial charge in [0.25, 0.3) is 5.56 Å². The molecule has 5 nitrogen and oxygen atoms in total. The van der Waals surface area contributed by atoms with E-state index in [1.807, 2.05) is 18.2 Å². The molecule has 0 saturated carbocycles. The fraction of sp³-hybridized carbons (Fsp3) is 0.217. The molecule has 1 saturated heterocycles. The summed E-state index contributed by atoms with van der Waals surface area (Å²) in [5.41, 5.74) is 0.934. The van der Waals surface area contributed by atoms with Crippen LogP contribution in [0.5, 0.6) is 0 Å². The van der Waals surface area contributed by atoms with Gasteiger partial charge in [-0.2, -0.15) is 0 Å². The van der Waals surface area contributed by atoms with Gasteiger partial charge in [0.2, 0.25) is 0 Å². The quantitative estimate of drug-likeness (QED) is 0.529. The van der Waals surface area contributed by atoms with Crippen LogP contribution in [0, 0.1) is 17.0 Å². The summed E-state index contributed by atoms with van der Waals surface area (Å²) >= 11 is 0. The van der Waals surface area contributed by atoms with Crippen LogP contribution in [0.4, 0.5) is 20.2 Å². The molecule has 1 aliphatic rings. The third-order valence-electron chi connectivity index (χ3n) is 5.25. The number of anilines is 2. The van der Waals surface area contributed by atoms with Crippen molar-refractivity contribution in [2.24, 2.45) is 0 Å². The first kappa shape index (κ1) is 20.0. The monoisotopic (exact) mass is 408 g/mol. The lowest BCUT2D eigenvalue weighted by molar-refractivity contribution is 0.331. The predicted octanol–water partition coefficient (Wildman–Crippen LogP) is 4.41. The van der Waals surface area contributed by atoms with Gasteiger partial charge in [0.1, 0.15) is 17.3 Å². The SMILES string of the molecule is N=C(c1cccc(CN2CCCC2)c1)c1c(Nc2c(F)cccc2F)cc[nH]c1=O. The second-order valence-corrected chi connectivity index (χ2v) is 7.38. The Labute approximate surface area is 172 Å². The summed E-state index contributed by atoms with van der Waals surface area (Å²) in [5.74, 6) is -1.55. The zero-order valence-corrected chi connectivity index (χ0v) is 16.3. The first-order chi connectivity index (χ1) is 14.5. The molecule has 2 aromatic carbocycles. The highest BCUT2D eigenvalue weighted by atomic mass is 19.1. The number of hydrogen-bond acceptors (Lipinski definition) is 4. The maximum atomic E-state index is 14.1. The summed E-state index contributed by atoms with van der Waals surface area (Å²) in [7, 11) is 0. The molecule has 30 heavy (non-hydrogen) atoms. The van der Waals surface area contributed by atoms with Gasteiger partial charge >= 0.3 is 0 Å². The molecular weight excluding hydrogens is 386 g/mol. The van der Waals surface area contributed by atoms with E-state index in [1.165, 1.54) is 31.2 Å². The van der Waals surface area contributed by atoms with Crippen LogP contribution in [0.2, 0.25) is 0 Å². The molecule has 3 aromatic rings. The molecule has 1 aliphatic heterocycles. The van der Waals surface area contributed by atoms with E-state index in [9.17, 15) is 13.6 Å². The van der Waals surface area contributed by atoms with Crippen molar-refractivity contribution in [2.75, 3.05) is 18.4 Å². The minimum absolute atomic E-state index is 0.0145. The Hall–Kier alpha value is -3.32. The Morgan fingerprint density at radius 1 is 1.07 bits per heavy atom. The van der Waals surface area contributed by atoms with Crippen molar-refractivity contribution in [1.29, 1.82) is 5.41 Å². The number of benzene rings is 2. The Bertz CT molecular complexity index is 1120. The maximum absolute atomic E-state index is 14.1. The van der Waals surface area contributed by atoms with Crippen molar-refractivity contribution in [3.63, 3.8) is 0 Å². The van der Waals surface area contributed by atoms with Gasteiger partial charge in [-0.05, 0) is 55.8 Å². The zero-order chi connectivity index (χ0) is 21.1. The average molecular weight is 408 g/mol. The molecule has 0 radical (unpaired) electrons. The summed E-state index contributed by atoms with van der Waals surface area (Å²) < 4.78 is 28.2. The number of nitrogens with one attached hydrogen (secondary N) is 3. The molecule has 0 atom stereocenters. The van der Waals surface area contributed by atoms with Crippen LogP contribution in [0.3, 0.4) is 0 Å². The normalized spacial score (nSPS) is 14.1. The van der Waals surface area contributed by atoms with Gasteiger partial charge in [-0.25, -0.2) is 8.78 Å². The van der Waals surface area contributed by atoms with Crippen molar-refractivity contribution in [2.45, 2.75) is 19.4 Å². The van der Waals surface area contributed by atoms with Crippen molar-refractivity contribution in [1.82, 2.24) is 9.88 Å². The van der Waals surface area contributed by atoms with E-state index in [0.29, 0.717) is 5.56 Å². The molecule has 0 bridgehead atoms. The lowest BCUT2D eigenvalue weighted by Gasteiger charge is -2.16. The summed E-state index contributed by atoms with van der Waals surface area (Å²) in [6.45, 7) is 2.91. The Balaban J connectivity index is 1.67. The van der Waals surface area contributed by atoms with Crippen LogP contribution in [-0.2, 0) is 6.54 Å². The van der Waals surface area contributed by atoms with E-state index in [0.717, 1.165) is 37.3 Å². The second-order valence-electron chi connectivity index (χ2n) is 7.38. The fourth-order valence-electron chi connectivity index (χ4n) is 3.75. The van der Waals surface area contributed by atoms with Crippen LogP contribution >= 0.6 is 0 Å². The Morgan fingerprint density at radius 3 is 2.50 bits per heavy atom. The zero-order valence-electron chi connectivity index (χ0n) is 16.3. The molecule has 0 aliphatic carbocycles. The summed E-state index contributed by atoms with van der Waals surface area (Å²) in [6, 6.07) is 12.5. The van der Waals surface area contributed by atoms with Gasteiger partial charge in [-0.15, -0.1) is 0 Å². The molecule has 0 spiro atoms. The molecule has 1 fully saturated rings. The lowest BCUT2D eigenvalue weighted by Crippen LogP contribution is -2.21. The van der Waals surface area contributed by atoms with Crippen LogP contribution < -0.4 is 10.9 Å². The van der Waals surface area contributed by atoms with Gasteiger partial charge in [0.15, 0.2) is 0 Å². The van der Waals surface area contributed by atoms with Crippen molar-refractivity contribution in [3.8, 4) is 0 Å². The van der Waals surface area contributed by atoms with Crippen molar-refractivity contribution in [3.05, 3.63) is 93.4 Å². The largest absolute Gasteiger partial charge is 0.350 e. The van der Waals surface area contributed by atoms with E-state index in [4.69, 9.17) is 5.41 Å². The molecule has 0 amide bonds. The Morgan fingerprint density at radius 2 is 1.77 bits per heavy atom. The van der Waals surface area contributed by atoms with Crippen LogP contribution in [0.25, 0.3) is 0 Å². The number of halogens is 2. The number of hydrogen-bond donors (Lipinski definition) is 3. The maximum Gasteiger partial charge on any atom is 0.259 e. The average Bonchev–Trinajstić information content (AvgIpc) is 3.24. The molecule has 3 N–H and O–H groups in total. The minimum Gasteiger partial charge on any atom is -0.350 e. The minimum atomic E-state index is -0.777. The number of aromatic nitrogens is 1. The van der Waals surface area contributed by atoms with Gasteiger partial charge < -0.3 is 10.3 Å². The lowest BCUT2D eigenvalue weighted by atomic mass is 10.00. The molecule has 4 rings (SSSR count). The Kier molecular flexibility index (Phi) is 5.72. The number of likely N-dealkylation sites (tertiary alicyclic amines) is 1. The molecule has 1 aromatic heterocycles. The van der Waals surface area contributed by atoms with E-state index in [2.05, 4.69) is 15.2 Å². The molecular formula is C23H22F2N4O. The standard InChI is InChI=1S/C23H22F2N4O/c24-17-7-4-8-18(25)22(17)28-19-9-10-27-23(30)20(19)21(26)16-6-3-5-15(13-16)14-29-11-1-2-12-29/h3-10,13,26H,1-2,11-12,14H2,(H2,27,28,30). The topological polar surface area (TPSA) is 72.0 Å². The summed E-state index contributed by atoms with van der Waals surface area (Å²) in [4.78, 5) is 17.4. The number of aromatic amines is 1. The first-order valence-corrected chi connectivity index (χ1v) is 9.86. The van der Waals surface area contributed by atoms with Crippen LogP contribution in [0.1, 0.15) is 29.5 Å². The third kappa shape index (κ3) is 4.16. The third-order valence-corrected chi connectivity index (χ3v) is 5.25. The van der Waals surface area contributed by atoms with Crippen molar-refractivity contribution >= 4 is 17.1 Å². The van der Waals surface area contributed by atoms with E-state index in [-0.39, 0.29) is 22.6 Å². The smallest absolute Gasteiger partial charge is 0.259 e. The van der Waals surface area contributed by atoms with Gasteiger partial charge in [0.05, 0.1) is 17.0 Å². The highest BCUT2D eigenvalue weighted by Crippen LogP contribution is 2.25. The van der Waals surface area contributed by atoms with Gasteiger partial charge in [-0.1, -0.05) is 24.3 Å². The predicted molar refractivity (Wildman–Crippen MR) is 114 cm³/mol. The molecule has 7 heteroatoms. The summed E-state index contributed by atoms with van der Waals surface area (Å²) in [6.07, 6.45) is 3.76. The molecule has 2 heterocycles. The summed E-state index contributed by atoms with van der Waals surface area (Å²) in [5, 5.41) is 11.3. The molecule has 0 unspecified atom stereocenters. The number of pyridine rings is 1. The highest BCUT2D eigenvalue weighted by Gasteiger charge is 2.18. The van der Waals surface area contributed by atoms with E-state index in [1.54, 1.807) is 6.07 Å². The highest BCUT2D eigenvalue weighted by molar-refractivity contribution is 6.14. The number of para-hydroxylation sites is 1. The fourth-order valence-corrected chi connectivity index (χ4v) is 3.75. The van der Waals surface area contributed by atoms with Gasteiger partial charge in [-0.3, -0.25) is 15.1 Å². The van der Waals surface area contributed by atoms with E-state index >= 15 is 0 Å². The van der Waals surface area contributed by atoms with Crippen LogP contribution in [-0.4, -0.2) is 28.7 Å². The van der Waals surface area contributed by atoms with Crippen molar-refractivity contribution < 1.29 is 8.78 Å². The molecule has 154 valence electrons.